The third-order valence-electron chi connectivity index (χ3n) is 4.48. The molecule has 160 valence electrons. The third-order valence-corrected chi connectivity index (χ3v) is 4.48. The zero-order valence-electron chi connectivity index (χ0n) is 17.9. The highest BCUT2D eigenvalue weighted by molar-refractivity contribution is 5.80. The van der Waals surface area contributed by atoms with Crippen molar-refractivity contribution in [2.45, 2.75) is 0 Å². The van der Waals surface area contributed by atoms with Crippen LogP contribution in [0.1, 0.15) is 5.56 Å². The molecule has 0 amide bonds. The van der Waals surface area contributed by atoms with Crippen LogP contribution in [0.15, 0.2) is 90.0 Å². The molecule has 0 aliphatic heterocycles. The maximum absolute atomic E-state index is 4.48. The van der Waals surface area contributed by atoms with Crippen molar-refractivity contribution in [3.8, 4) is 0 Å². The quantitative estimate of drug-likeness (QED) is 0.275. The second-order valence-electron chi connectivity index (χ2n) is 7.14. The van der Waals surface area contributed by atoms with Gasteiger partial charge in [0.2, 0.25) is 17.8 Å². The van der Waals surface area contributed by atoms with Crippen LogP contribution in [0.4, 0.5) is 34.9 Å². The van der Waals surface area contributed by atoms with Gasteiger partial charge in [0, 0.05) is 31.2 Å². The molecule has 0 bridgehead atoms. The Bertz CT molecular complexity index is 1100. The Morgan fingerprint density at radius 1 is 0.656 bits per heavy atom. The zero-order valence-corrected chi connectivity index (χ0v) is 17.9. The number of benzene rings is 3. The molecule has 0 saturated carbocycles. The summed E-state index contributed by atoms with van der Waals surface area (Å²) in [6.07, 6.45) is 1.72. The number of rotatable bonds is 8. The van der Waals surface area contributed by atoms with Gasteiger partial charge in [-0.15, -0.1) is 0 Å². The van der Waals surface area contributed by atoms with E-state index in [2.05, 4.69) is 36.1 Å². The molecule has 4 aromatic rings. The smallest absolute Gasteiger partial charge is 0.250 e. The third kappa shape index (κ3) is 5.79. The van der Waals surface area contributed by atoms with E-state index in [1.54, 1.807) is 6.21 Å². The minimum Gasteiger partial charge on any atom is -0.378 e. The van der Waals surface area contributed by atoms with E-state index in [1.807, 2.05) is 104 Å². The van der Waals surface area contributed by atoms with Crippen molar-refractivity contribution < 1.29 is 0 Å². The number of aromatic nitrogens is 3. The first-order chi connectivity index (χ1) is 15.7. The Morgan fingerprint density at radius 2 is 1.16 bits per heavy atom. The summed E-state index contributed by atoms with van der Waals surface area (Å²) >= 11 is 0. The Morgan fingerprint density at radius 3 is 1.66 bits per heavy atom. The lowest BCUT2D eigenvalue weighted by molar-refractivity contribution is 1.04. The molecule has 0 unspecified atom stereocenters. The molecule has 0 atom stereocenters. The van der Waals surface area contributed by atoms with Gasteiger partial charge in [-0.25, -0.2) is 5.43 Å². The van der Waals surface area contributed by atoms with Crippen LogP contribution in [0.3, 0.4) is 0 Å². The molecule has 8 heteroatoms. The summed E-state index contributed by atoms with van der Waals surface area (Å²) in [5.74, 6) is 1.12. The van der Waals surface area contributed by atoms with Crippen LogP contribution >= 0.6 is 0 Å². The Labute approximate surface area is 187 Å². The number of anilines is 6. The normalized spacial score (nSPS) is 10.7. The second-order valence-corrected chi connectivity index (χ2v) is 7.14. The molecule has 1 heterocycles. The maximum Gasteiger partial charge on any atom is 0.250 e. The van der Waals surface area contributed by atoms with Crippen LogP contribution in [0, 0.1) is 0 Å². The number of nitrogens with one attached hydrogen (secondary N) is 3. The average molecular weight is 425 g/mol. The Balaban J connectivity index is 1.53. The minimum absolute atomic E-state index is 0.318. The van der Waals surface area contributed by atoms with E-state index in [0.717, 1.165) is 22.6 Å². The van der Waals surface area contributed by atoms with Gasteiger partial charge in [-0.3, -0.25) is 0 Å². The van der Waals surface area contributed by atoms with Crippen LogP contribution < -0.4 is 21.0 Å². The van der Waals surface area contributed by atoms with Gasteiger partial charge in [-0.05, 0) is 42.0 Å². The van der Waals surface area contributed by atoms with E-state index < -0.39 is 0 Å². The maximum atomic E-state index is 4.48. The molecule has 0 aliphatic carbocycles. The molecule has 0 spiro atoms. The van der Waals surface area contributed by atoms with Crippen LogP contribution in [0.5, 0.6) is 0 Å². The van der Waals surface area contributed by atoms with E-state index in [0.29, 0.717) is 17.8 Å². The predicted molar refractivity (Wildman–Crippen MR) is 131 cm³/mol. The fourth-order valence-corrected chi connectivity index (χ4v) is 2.86. The Hall–Kier alpha value is -4.46. The van der Waals surface area contributed by atoms with E-state index >= 15 is 0 Å². The molecule has 1 aromatic heterocycles. The van der Waals surface area contributed by atoms with Crippen molar-refractivity contribution >= 4 is 41.1 Å². The van der Waals surface area contributed by atoms with Gasteiger partial charge in [-0.1, -0.05) is 48.5 Å². The molecular weight excluding hydrogens is 400 g/mol. The first-order valence-electron chi connectivity index (χ1n) is 10.1. The summed E-state index contributed by atoms with van der Waals surface area (Å²) in [6.45, 7) is 0. The van der Waals surface area contributed by atoms with E-state index in [4.69, 9.17) is 0 Å². The summed E-state index contributed by atoms with van der Waals surface area (Å²) in [7, 11) is 4.01. The van der Waals surface area contributed by atoms with Crippen LogP contribution in [-0.2, 0) is 0 Å². The highest BCUT2D eigenvalue weighted by Crippen LogP contribution is 2.18. The van der Waals surface area contributed by atoms with Gasteiger partial charge in [0.05, 0.1) is 6.21 Å². The number of para-hydroxylation sites is 2. The number of hydrogen-bond donors (Lipinski definition) is 3. The zero-order chi connectivity index (χ0) is 22.2. The van der Waals surface area contributed by atoms with Crippen LogP contribution in [0.2, 0.25) is 0 Å². The summed E-state index contributed by atoms with van der Waals surface area (Å²) in [6, 6.07) is 27.5. The van der Waals surface area contributed by atoms with Crippen LogP contribution in [0.25, 0.3) is 0 Å². The number of hydrogen-bond acceptors (Lipinski definition) is 8. The highest BCUT2D eigenvalue weighted by Gasteiger charge is 2.07. The minimum atomic E-state index is 0.318. The van der Waals surface area contributed by atoms with Crippen molar-refractivity contribution in [3.05, 3.63) is 90.5 Å². The van der Waals surface area contributed by atoms with Gasteiger partial charge in [0.1, 0.15) is 0 Å². The molecule has 4 rings (SSSR count). The highest BCUT2D eigenvalue weighted by atomic mass is 15.4. The molecule has 3 N–H and O–H groups in total. The second kappa shape index (κ2) is 10.0. The largest absolute Gasteiger partial charge is 0.378 e. The lowest BCUT2D eigenvalue weighted by Crippen LogP contribution is -2.08. The molecule has 0 fully saturated rings. The standard InChI is InChI=1S/C24H24N8/c1-32(2)21-15-13-18(14-16-21)17-25-31-24-29-22(26-19-9-5-3-6-10-19)28-23(30-24)27-20-11-7-4-8-12-20/h3-17H,1-2H3,(H3,26,27,28,29,30,31)/b25-17+. The van der Waals surface area contributed by atoms with Crippen molar-refractivity contribution in [1.82, 2.24) is 15.0 Å². The molecule has 0 saturated heterocycles. The van der Waals surface area contributed by atoms with E-state index in [-0.39, 0.29) is 0 Å². The molecule has 8 nitrogen and oxygen atoms in total. The van der Waals surface area contributed by atoms with Crippen molar-refractivity contribution in [3.63, 3.8) is 0 Å². The fraction of sp³-hybridized carbons (Fsp3) is 0.0833. The summed E-state index contributed by atoms with van der Waals surface area (Å²) in [4.78, 5) is 15.4. The molecule has 32 heavy (non-hydrogen) atoms. The predicted octanol–water partition coefficient (Wildman–Crippen LogP) is 4.87. The topological polar surface area (TPSA) is 90.4 Å². The van der Waals surface area contributed by atoms with Gasteiger partial charge >= 0.3 is 0 Å². The van der Waals surface area contributed by atoms with E-state index in [9.17, 15) is 0 Å². The average Bonchev–Trinajstić information content (AvgIpc) is 2.81. The van der Waals surface area contributed by atoms with Gasteiger partial charge < -0.3 is 15.5 Å². The monoisotopic (exact) mass is 424 g/mol. The molecule has 3 aromatic carbocycles. The molecular formula is C24H24N8. The van der Waals surface area contributed by atoms with Crippen molar-refractivity contribution in [2.75, 3.05) is 35.1 Å². The number of nitrogens with zero attached hydrogens (tertiary/aromatic N) is 5. The summed E-state index contributed by atoms with van der Waals surface area (Å²) in [5, 5.41) is 10.7. The van der Waals surface area contributed by atoms with E-state index in [1.165, 1.54) is 0 Å². The van der Waals surface area contributed by atoms with Crippen molar-refractivity contribution in [2.24, 2.45) is 5.10 Å². The Kier molecular flexibility index (Phi) is 6.52. The number of hydrazone groups is 1. The first-order valence-corrected chi connectivity index (χ1v) is 10.1. The first kappa shape index (κ1) is 20.8. The summed E-state index contributed by atoms with van der Waals surface area (Å²) < 4.78 is 0. The lowest BCUT2D eigenvalue weighted by atomic mass is 10.2. The molecule has 0 aliphatic rings. The van der Waals surface area contributed by atoms with Gasteiger partial charge in [0.15, 0.2) is 0 Å². The lowest BCUT2D eigenvalue weighted by Gasteiger charge is -2.11. The SMILES string of the molecule is CN(C)c1ccc(/C=N/Nc2nc(Nc3ccccc3)nc(Nc3ccccc3)n2)cc1. The summed E-state index contributed by atoms with van der Waals surface area (Å²) in [5.41, 5.74) is 6.74. The van der Waals surface area contributed by atoms with Gasteiger partial charge in [0.25, 0.3) is 0 Å². The van der Waals surface area contributed by atoms with Crippen LogP contribution in [-0.4, -0.2) is 35.3 Å². The van der Waals surface area contributed by atoms with Gasteiger partial charge in [-0.2, -0.15) is 20.1 Å². The molecule has 0 radical (unpaired) electrons. The van der Waals surface area contributed by atoms with Crippen molar-refractivity contribution in [1.29, 1.82) is 0 Å². The fourth-order valence-electron chi connectivity index (χ4n) is 2.86.